The molecule has 25 heavy (non-hydrogen) atoms. The maximum absolute atomic E-state index is 11.1. The minimum absolute atomic E-state index is 0.0511. The lowest BCUT2D eigenvalue weighted by molar-refractivity contribution is -0.114. The Bertz CT molecular complexity index is 756. The van der Waals surface area contributed by atoms with Gasteiger partial charge < -0.3 is 14.8 Å². The maximum Gasteiger partial charge on any atom is 0.221 e. The first-order chi connectivity index (χ1) is 12.1. The van der Waals surface area contributed by atoms with Crippen molar-refractivity contribution in [3.05, 3.63) is 53.1 Å². The first-order valence-electron chi connectivity index (χ1n) is 8.41. The predicted octanol–water partition coefficient (Wildman–Crippen LogP) is 3.22. The first-order valence-corrected chi connectivity index (χ1v) is 8.41. The summed E-state index contributed by atoms with van der Waals surface area (Å²) in [6.45, 7) is 4.30. The Hall–Kier alpha value is -2.53. The second-order valence-electron chi connectivity index (χ2n) is 6.31. The van der Waals surface area contributed by atoms with Gasteiger partial charge in [-0.25, -0.2) is 0 Å². The van der Waals surface area contributed by atoms with Gasteiger partial charge in [0.1, 0.15) is 0 Å². The van der Waals surface area contributed by atoms with Gasteiger partial charge in [0.2, 0.25) is 5.91 Å². The molecule has 132 valence electrons. The Balaban J connectivity index is 1.69. The van der Waals surface area contributed by atoms with E-state index >= 15 is 0 Å². The van der Waals surface area contributed by atoms with Crippen LogP contribution in [0.2, 0.25) is 0 Å². The molecule has 0 saturated heterocycles. The number of ether oxygens (including phenoxy) is 2. The van der Waals surface area contributed by atoms with Crippen molar-refractivity contribution in [2.75, 3.05) is 26.1 Å². The van der Waals surface area contributed by atoms with Crippen molar-refractivity contribution in [1.82, 2.24) is 4.90 Å². The molecule has 0 spiro atoms. The Morgan fingerprint density at radius 3 is 2.32 bits per heavy atom. The van der Waals surface area contributed by atoms with Crippen molar-refractivity contribution in [2.24, 2.45) is 0 Å². The average molecular weight is 340 g/mol. The third kappa shape index (κ3) is 4.12. The maximum atomic E-state index is 11.1. The summed E-state index contributed by atoms with van der Waals surface area (Å²) < 4.78 is 10.8. The molecule has 0 aromatic heterocycles. The van der Waals surface area contributed by atoms with Crippen molar-refractivity contribution in [1.29, 1.82) is 0 Å². The number of carbonyl (C=O) groups excluding carboxylic acids is 1. The molecule has 0 radical (unpaired) electrons. The largest absolute Gasteiger partial charge is 0.493 e. The van der Waals surface area contributed by atoms with Gasteiger partial charge in [-0.2, -0.15) is 0 Å². The van der Waals surface area contributed by atoms with Gasteiger partial charge in [0.15, 0.2) is 11.5 Å². The molecule has 0 bridgehead atoms. The molecule has 2 aromatic carbocycles. The van der Waals surface area contributed by atoms with Crippen LogP contribution in [0.3, 0.4) is 0 Å². The van der Waals surface area contributed by atoms with E-state index in [-0.39, 0.29) is 5.91 Å². The van der Waals surface area contributed by atoms with Gasteiger partial charge in [0.25, 0.3) is 0 Å². The summed E-state index contributed by atoms with van der Waals surface area (Å²) in [5.74, 6) is 1.52. The number of nitrogens with zero attached hydrogens (tertiary/aromatic N) is 1. The van der Waals surface area contributed by atoms with Gasteiger partial charge in [0.05, 0.1) is 14.2 Å². The summed E-state index contributed by atoms with van der Waals surface area (Å²) >= 11 is 0. The van der Waals surface area contributed by atoms with Gasteiger partial charge in [0, 0.05) is 32.2 Å². The number of anilines is 1. The van der Waals surface area contributed by atoms with Gasteiger partial charge in [-0.15, -0.1) is 0 Å². The Morgan fingerprint density at radius 1 is 1.08 bits per heavy atom. The van der Waals surface area contributed by atoms with Gasteiger partial charge in [-0.05, 0) is 47.4 Å². The van der Waals surface area contributed by atoms with Crippen molar-refractivity contribution < 1.29 is 14.3 Å². The molecule has 1 N–H and O–H groups in total. The minimum Gasteiger partial charge on any atom is -0.493 e. The van der Waals surface area contributed by atoms with E-state index in [2.05, 4.69) is 34.5 Å². The highest BCUT2D eigenvalue weighted by molar-refractivity contribution is 5.88. The standard InChI is InChI=1S/C20H24N2O3/c1-14(23)21-18-6-4-15(5-7-18)12-22-9-8-16-10-19(24-2)20(25-3)11-17(16)13-22/h4-7,10-11H,8-9,12-13H2,1-3H3,(H,21,23). The van der Waals surface area contributed by atoms with E-state index in [0.717, 1.165) is 43.2 Å². The zero-order valence-electron chi connectivity index (χ0n) is 15.0. The molecule has 0 aliphatic carbocycles. The molecule has 1 aliphatic heterocycles. The van der Waals surface area contributed by atoms with Crippen molar-refractivity contribution in [3.63, 3.8) is 0 Å². The molecule has 2 aromatic rings. The zero-order valence-corrected chi connectivity index (χ0v) is 15.0. The molecule has 5 heteroatoms. The lowest BCUT2D eigenvalue weighted by Gasteiger charge is -2.29. The molecule has 1 heterocycles. The van der Waals surface area contributed by atoms with Crippen LogP contribution in [0.5, 0.6) is 11.5 Å². The number of hydrogen-bond acceptors (Lipinski definition) is 4. The number of amides is 1. The fourth-order valence-electron chi connectivity index (χ4n) is 3.23. The monoisotopic (exact) mass is 340 g/mol. The summed E-state index contributed by atoms with van der Waals surface area (Å²) in [6, 6.07) is 12.2. The number of benzene rings is 2. The number of methoxy groups -OCH3 is 2. The first kappa shape index (κ1) is 17.3. The summed E-state index contributed by atoms with van der Waals surface area (Å²) in [4.78, 5) is 13.5. The molecule has 0 fully saturated rings. The van der Waals surface area contributed by atoms with Crippen molar-refractivity contribution >= 4 is 11.6 Å². The van der Waals surface area contributed by atoms with Crippen LogP contribution >= 0.6 is 0 Å². The third-order valence-corrected chi connectivity index (χ3v) is 4.48. The molecule has 3 rings (SSSR count). The van der Waals surface area contributed by atoms with Crippen LogP contribution in [0.25, 0.3) is 0 Å². The molecule has 0 unspecified atom stereocenters. The zero-order chi connectivity index (χ0) is 17.8. The van der Waals surface area contributed by atoms with E-state index in [1.165, 1.54) is 23.6 Å². The molecule has 0 atom stereocenters. The SMILES string of the molecule is COc1cc2c(cc1OC)CN(Cc1ccc(NC(C)=O)cc1)CC2. The second-order valence-corrected chi connectivity index (χ2v) is 6.31. The summed E-state index contributed by atoms with van der Waals surface area (Å²) in [7, 11) is 3.34. The van der Waals surface area contributed by atoms with Crippen LogP contribution in [-0.2, 0) is 24.3 Å². The predicted molar refractivity (Wildman–Crippen MR) is 98.1 cm³/mol. The van der Waals surface area contributed by atoms with Crippen LogP contribution in [-0.4, -0.2) is 31.6 Å². The molecular weight excluding hydrogens is 316 g/mol. The molecule has 0 saturated carbocycles. The van der Waals surface area contributed by atoms with Gasteiger partial charge >= 0.3 is 0 Å². The van der Waals surface area contributed by atoms with Crippen LogP contribution in [0.15, 0.2) is 36.4 Å². The van der Waals surface area contributed by atoms with E-state index in [1.807, 2.05) is 12.1 Å². The quantitative estimate of drug-likeness (QED) is 0.908. The third-order valence-electron chi connectivity index (χ3n) is 4.48. The normalized spacial score (nSPS) is 13.9. The number of fused-ring (bicyclic) bond motifs is 1. The van der Waals surface area contributed by atoms with Crippen LogP contribution < -0.4 is 14.8 Å². The summed E-state index contributed by atoms with van der Waals surface area (Å²) in [5, 5.41) is 2.79. The lowest BCUT2D eigenvalue weighted by atomic mass is 9.98. The molecule has 1 aliphatic rings. The Kier molecular flexibility index (Phi) is 5.24. The number of nitrogens with one attached hydrogen (secondary N) is 1. The highest BCUT2D eigenvalue weighted by atomic mass is 16.5. The lowest BCUT2D eigenvalue weighted by Crippen LogP contribution is -2.30. The molecular formula is C20H24N2O3. The fourth-order valence-corrected chi connectivity index (χ4v) is 3.23. The average Bonchev–Trinajstić information content (AvgIpc) is 2.61. The van der Waals surface area contributed by atoms with E-state index in [1.54, 1.807) is 14.2 Å². The Labute approximate surface area is 148 Å². The second kappa shape index (κ2) is 7.57. The van der Waals surface area contributed by atoms with Gasteiger partial charge in [-0.1, -0.05) is 12.1 Å². The number of rotatable bonds is 5. The molecule has 5 nitrogen and oxygen atoms in total. The highest BCUT2D eigenvalue weighted by Gasteiger charge is 2.19. The minimum atomic E-state index is -0.0511. The van der Waals surface area contributed by atoms with Gasteiger partial charge in [-0.3, -0.25) is 9.69 Å². The van der Waals surface area contributed by atoms with Crippen molar-refractivity contribution in [2.45, 2.75) is 26.4 Å². The number of hydrogen-bond donors (Lipinski definition) is 1. The smallest absolute Gasteiger partial charge is 0.221 e. The number of carbonyl (C=O) groups is 1. The van der Waals surface area contributed by atoms with Crippen LogP contribution in [0.1, 0.15) is 23.6 Å². The van der Waals surface area contributed by atoms with E-state index in [4.69, 9.17) is 9.47 Å². The fraction of sp³-hybridized carbons (Fsp3) is 0.350. The molecule has 1 amide bonds. The van der Waals surface area contributed by atoms with Crippen LogP contribution in [0, 0.1) is 0 Å². The summed E-state index contributed by atoms with van der Waals surface area (Å²) in [6.07, 6.45) is 1.000. The topological polar surface area (TPSA) is 50.8 Å². The van der Waals surface area contributed by atoms with E-state index < -0.39 is 0 Å². The van der Waals surface area contributed by atoms with Crippen molar-refractivity contribution in [3.8, 4) is 11.5 Å². The van der Waals surface area contributed by atoms with E-state index in [9.17, 15) is 4.79 Å². The Morgan fingerprint density at radius 2 is 1.72 bits per heavy atom. The van der Waals surface area contributed by atoms with E-state index in [0.29, 0.717) is 0 Å². The summed E-state index contributed by atoms with van der Waals surface area (Å²) in [5.41, 5.74) is 4.68. The highest BCUT2D eigenvalue weighted by Crippen LogP contribution is 2.33. The van der Waals surface area contributed by atoms with Crippen LogP contribution in [0.4, 0.5) is 5.69 Å².